The minimum Gasteiger partial charge on any atom is -0.377 e. The summed E-state index contributed by atoms with van der Waals surface area (Å²) in [4.78, 5) is 4.11. The van der Waals surface area contributed by atoms with Crippen LogP contribution in [0.2, 0.25) is 0 Å². The van der Waals surface area contributed by atoms with Crippen LogP contribution >= 0.6 is 0 Å². The molecule has 1 aromatic carbocycles. The Morgan fingerprint density at radius 3 is 2.65 bits per heavy atom. The topological polar surface area (TPSA) is 38.1 Å². The van der Waals surface area contributed by atoms with Gasteiger partial charge in [-0.3, -0.25) is 0 Å². The standard InChI is InChI=1S/C13H15FN2O/c1-9-4-5-10(8-11(9)14)13(2,17)12-15-6-7-16(12)3/h4-8,17H,1-3H3. The molecular formula is C13H15FN2O. The molecule has 0 saturated carbocycles. The van der Waals surface area contributed by atoms with Crippen LogP contribution in [0.1, 0.15) is 23.9 Å². The Hall–Kier alpha value is -1.68. The van der Waals surface area contributed by atoms with Crippen LogP contribution in [-0.4, -0.2) is 14.7 Å². The number of benzene rings is 1. The second kappa shape index (κ2) is 3.96. The van der Waals surface area contributed by atoms with Gasteiger partial charge in [0.2, 0.25) is 0 Å². The fourth-order valence-corrected chi connectivity index (χ4v) is 1.86. The zero-order valence-corrected chi connectivity index (χ0v) is 10.1. The summed E-state index contributed by atoms with van der Waals surface area (Å²) in [6.45, 7) is 3.30. The van der Waals surface area contributed by atoms with Crippen LogP contribution in [0.15, 0.2) is 30.6 Å². The lowest BCUT2D eigenvalue weighted by Gasteiger charge is -2.23. The largest absolute Gasteiger partial charge is 0.377 e. The molecule has 0 aliphatic heterocycles. The van der Waals surface area contributed by atoms with E-state index in [2.05, 4.69) is 4.98 Å². The third-order valence-electron chi connectivity index (χ3n) is 2.99. The Labute approximate surface area is 99.5 Å². The second-order valence-electron chi connectivity index (χ2n) is 4.40. The van der Waals surface area contributed by atoms with E-state index in [0.717, 1.165) is 0 Å². The summed E-state index contributed by atoms with van der Waals surface area (Å²) in [5.41, 5.74) is -0.244. The molecule has 17 heavy (non-hydrogen) atoms. The van der Waals surface area contributed by atoms with Crippen molar-refractivity contribution >= 4 is 0 Å². The normalized spacial score (nSPS) is 14.6. The molecule has 90 valence electrons. The monoisotopic (exact) mass is 234 g/mol. The maximum atomic E-state index is 13.5. The van der Waals surface area contributed by atoms with E-state index in [1.54, 1.807) is 50.0 Å². The summed E-state index contributed by atoms with van der Waals surface area (Å²) in [5.74, 6) is 0.165. The molecule has 0 radical (unpaired) electrons. The molecule has 4 heteroatoms. The molecule has 0 amide bonds. The molecule has 1 N–H and O–H groups in total. The van der Waals surface area contributed by atoms with E-state index in [4.69, 9.17) is 0 Å². The van der Waals surface area contributed by atoms with Crippen molar-refractivity contribution in [3.8, 4) is 0 Å². The van der Waals surface area contributed by atoms with Crippen LogP contribution in [0.5, 0.6) is 0 Å². The highest BCUT2D eigenvalue weighted by atomic mass is 19.1. The highest BCUT2D eigenvalue weighted by Gasteiger charge is 2.30. The maximum absolute atomic E-state index is 13.5. The SMILES string of the molecule is Cc1ccc(C(C)(O)c2nccn2C)cc1F. The zero-order valence-electron chi connectivity index (χ0n) is 10.1. The van der Waals surface area contributed by atoms with Gasteiger partial charge >= 0.3 is 0 Å². The zero-order chi connectivity index (χ0) is 12.6. The number of nitrogens with zero attached hydrogens (tertiary/aromatic N) is 2. The molecule has 0 aliphatic rings. The molecule has 0 bridgehead atoms. The molecule has 2 aromatic rings. The van der Waals surface area contributed by atoms with Gasteiger partial charge < -0.3 is 9.67 Å². The van der Waals surface area contributed by atoms with E-state index in [-0.39, 0.29) is 5.82 Å². The second-order valence-corrected chi connectivity index (χ2v) is 4.40. The predicted molar refractivity (Wildman–Crippen MR) is 63.0 cm³/mol. The predicted octanol–water partition coefficient (Wildman–Crippen LogP) is 2.12. The van der Waals surface area contributed by atoms with E-state index in [1.165, 1.54) is 6.07 Å². The Morgan fingerprint density at radius 1 is 1.41 bits per heavy atom. The lowest BCUT2D eigenvalue weighted by molar-refractivity contribution is 0.0888. The summed E-state index contributed by atoms with van der Waals surface area (Å²) in [6, 6.07) is 4.72. The minimum atomic E-state index is -1.30. The van der Waals surface area contributed by atoms with Gasteiger partial charge in [-0.2, -0.15) is 0 Å². The molecule has 1 heterocycles. The number of aromatic nitrogens is 2. The van der Waals surface area contributed by atoms with Crippen LogP contribution in [0.3, 0.4) is 0 Å². The van der Waals surface area contributed by atoms with Crippen molar-refractivity contribution in [1.82, 2.24) is 9.55 Å². The van der Waals surface area contributed by atoms with E-state index >= 15 is 0 Å². The van der Waals surface area contributed by atoms with Gasteiger partial charge in [-0.1, -0.05) is 12.1 Å². The van der Waals surface area contributed by atoms with Crippen molar-refractivity contribution < 1.29 is 9.50 Å². The fourth-order valence-electron chi connectivity index (χ4n) is 1.86. The molecule has 2 rings (SSSR count). The summed E-state index contributed by atoms with van der Waals surface area (Å²) < 4.78 is 15.2. The minimum absolute atomic E-state index is 0.322. The molecule has 1 unspecified atom stereocenters. The van der Waals surface area contributed by atoms with Gasteiger partial charge in [0.25, 0.3) is 0 Å². The Kier molecular flexibility index (Phi) is 2.75. The molecule has 0 saturated heterocycles. The van der Waals surface area contributed by atoms with Crippen LogP contribution in [0, 0.1) is 12.7 Å². The average Bonchev–Trinajstić information content (AvgIpc) is 2.69. The highest BCUT2D eigenvalue weighted by molar-refractivity contribution is 5.32. The van der Waals surface area contributed by atoms with E-state index in [0.29, 0.717) is 17.0 Å². The number of hydrogen-bond acceptors (Lipinski definition) is 2. The van der Waals surface area contributed by atoms with Crippen LogP contribution in [0.25, 0.3) is 0 Å². The first-order valence-electron chi connectivity index (χ1n) is 5.39. The van der Waals surface area contributed by atoms with Crippen molar-refractivity contribution in [1.29, 1.82) is 0 Å². The number of aryl methyl sites for hydroxylation is 2. The number of halogens is 1. The first-order chi connectivity index (χ1) is 7.93. The van der Waals surface area contributed by atoms with Gasteiger partial charge in [-0.15, -0.1) is 0 Å². The third-order valence-corrected chi connectivity index (χ3v) is 2.99. The van der Waals surface area contributed by atoms with Gasteiger partial charge in [0, 0.05) is 19.4 Å². The summed E-state index contributed by atoms with van der Waals surface area (Å²) in [7, 11) is 1.79. The van der Waals surface area contributed by atoms with Gasteiger partial charge in [0.1, 0.15) is 17.2 Å². The Balaban J connectivity index is 2.51. The lowest BCUT2D eigenvalue weighted by Crippen LogP contribution is -2.27. The van der Waals surface area contributed by atoms with Crippen molar-refractivity contribution in [3.63, 3.8) is 0 Å². The van der Waals surface area contributed by atoms with Gasteiger partial charge in [0.15, 0.2) is 0 Å². The van der Waals surface area contributed by atoms with Crippen LogP contribution < -0.4 is 0 Å². The van der Waals surface area contributed by atoms with Crippen molar-refractivity contribution in [2.24, 2.45) is 7.05 Å². The molecule has 0 aliphatic carbocycles. The number of aliphatic hydroxyl groups is 1. The first-order valence-corrected chi connectivity index (χ1v) is 5.39. The molecule has 3 nitrogen and oxygen atoms in total. The highest BCUT2D eigenvalue weighted by Crippen LogP contribution is 2.28. The van der Waals surface area contributed by atoms with Gasteiger partial charge in [-0.05, 0) is 31.0 Å². The van der Waals surface area contributed by atoms with Crippen LogP contribution in [-0.2, 0) is 12.6 Å². The lowest BCUT2D eigenvalue weighted by atomic mass is 9.94. The van der Waals surface area contributed by atoms with Crippen molar-refractivity contribution in [3.05, 3.63) is 53.4 Å². The van der Waals surface area contributed by atoms with Crippen molar-refractivity contribution in [2.75, 3.05) is 0 Å². The van der Waals surface area contributed by atoms with E-state index in [9.17, 15) is 9.50 Å². The number of hydrogen-bond donors (Lipinski definition) is 1. The fraction of sp³-hybridized carbons (Fsp3) is 0.308. The van der Waals surface area contributed by atoms with Crippen LogP contribution in [0.4, 0.5) is 4.39 Å². The third kappa shape index (κ3) is 1.96. The Morgan fingerprint density at radius 2 is 2.12 bits per heavy atom. The van der Waals surface area contributed by atoms with Gasteiger partial charge in [-0.25, -0.2) is 9.37 Å². The first kappa shape index (κ1) is 11.8. The summed E-state index contributed by atoms with van der Waals surface area (Å²) in [6.07, 6.45) is 3.35. The molecule has 1 atom stereocenters. The number of imidazole rings is 1. The molecule has 0 fully saturated rings. The average molecular weight is 234 g/mol. The summed E-state index contributed by atoms with van der Waals surface area (Å²) >= 11 is 0. The number of rotatable bonds is 2. The maximum Gasteiger partial charge on any atom is 0.144 e. The van der Waals surface area contributed by atoms with Crippen molar-refractivity contribution in [2.45, 2.75) is 19.4 Å². The van der Waals surface area contributed by atoms with Gasteiger partial charge in [0.05, 0.1) is 0 Å². The quantitative estimate of drug-likeness (QED) is 0.864. The van der Waals surface area contributed by atoms with E-state index < -0.39 is 5.60 Å². The summed E-state index contributed by atoms with van der Waals surface area (Å²) in [5, 5.41) is 10.5. The Bertz CT molecular complexity index is 546. The molecular weight excluding hydrogens is 219 g/mol. The smallest absolute Gasteiger partial charge is 0.144 e. The molecule has 1 aromatic heterocycles. The van der Waals surface area contributed by atoms with E-state index in [1.807, 2.05) is 0 Å². The molecule has 0 spiro atoms.